The van der Waals surface area contributed by atoms with Crippen LogP contribution < -0.4 is 44.2 Å². The van der Waals surface area contributed by atoms with E-state index < -0.39 is 73.0 Å². The van der Waals surface area contributed by atoms with Gasteiger partial charge in [0.25, 0.3) is 0 Å². The number of carbonyl (C=O) groups is 5. The molecule has 16 nitrogen and oxygen atoms in total. The van der Waals surface area contributed by atoms with Crippen LogP contribution in [0.3, 0.4) is 0 Å². The van der Waals surface area contributed by atoms with Crippen LogP contribution in [0.1, 0.15) is 57.8 Å². The molecular weight excluding hydrogens is 528 g/mol. The van der Waals surface area contributed by atoms with E-state index in [4.69, 9.17) is 22.9 Å². The average Bonchev–Trinajstić information content (AvgIpc) is 2.92. The highest BCUT2D eigenvalue weighted by Gasteiger charge is 2.31. The van der Waals surface area contributed by atoms with E-state index in [-0.39, 0.29) is 12.8 Å². The number of carboxylic acids is 1. The van der Waals surface area contributed by atoms with Crippen molar-refractivity contribution in [3.8, 4) is 0 Å². The van der Waals surface area contributed by atoms with E-state index in [1.165, 1.54) is 0 Å². The van der Waals surface area contributed by atoms with Gasteiger partial charge in [-0.25, -0.2) is 4.79 Å². The van der Waals surface area contributed by atoms with Crippen LogP contribution in [0.4, 0.5) is 0 Å². The summed E-state index contributed by atoms with van der Waals surface area (Å²) in [5, 5.41) is 38.1. The lowest BCUT2D eigenvalue weighted by molar-refractivity contribution is -0.142. The van der Waals surface area contributed by atoms with Gasteiger partial charge in [0.05, 0.1) is 19.3 Å². The first-order valence-corrected chi connectivity index (χ1v) is 13.6. The van der Waals surface area contributed by atoms with Crippen molar-refractivity contribution in [3.63, 3.8) is 0 Å². The number of aliphatic hydroxyl groups is 2. The number of carbonyl (C=O) groups excluding carboxylic acids is 4. The normalized spacial score (nSPS) is 14.8. The van der Waals surface area contributed by atoms with Gasteiger partial charge in [0.2, 0.25) is 23.6 Å². The van der Waals surface area contributed by atoms with Gasteiger partial charge in [-0.05, 0) is 71.0 Å². The number of nitrogens with two attached hydrogens (primary N) is 4. The highest BCUT2D eigenvalue weighted by molar-refractivity contribution is 5.95. The number of hydrogen-bond donors (Lipinski definition) is 11. The molecular formula is C24H48N8O8. The van der Waals surface area contributed by atoms with Crippen molar-refractivity contribution >= 4 is 29.6 Å². The Morgan fingerprint density at radius 1 is 0.525 bits per heavy atom. The molecule has 0 aromatic heterocycles. The Hall–Kier alpha value is -2.89. The van der Waals surface area contributed by atoms with E-state index in [9.17, 15) is 39.3 Å². The summed E-state index contributed by atoms with van der Waals surface area (Å²) in [6.45, 7) is -0.491. The first kappa shape index (κ1) is 37.1. The first-order valence-electron chi connectivity index (χ1n) is 13.6. The van der Waals surface area contributed by atoms with Crippen LogP contribution in [0.2, 0.25) is 0 Å². The monoisotopic (exact) mass is 576 g/mol. The van der Waals surface area contributed by atoms with Gasteiger partial charge in [-0.15, -0.1) is 0 Å². The molecule has 16 heteroatoms. The molecule has 0 saturated carbocycles. The fourth-order valence-electron chi connectivity index (χ4n) is 3.64. The lowest BCUT2D eigenvalue weighted by atomic mass is 10.1. The van der Waals surface area contributed by atoms with Crippen molar-refractivity contribution in [1.29, 1.82) is 0 Å². The Labute approximate surface area is 234 Å². The predicted molar refractivity (Wildman–Crippen MR) is 146 cm³/mol. The molecule has 0 radical (unpaired) electrons. The number of rotatable bonds is 23. The molecule has 0 spiro atoms. The van der Waals surface area contributed by atoms with Gasteiger partial charge < -0.3 is 59.5 Å². The van der Waals surface area contributed by atoms with E-state index in [0.29, 0.717) is 64.6 Å². The quantitative estimate of drug-likeness (QED) is 0.0515. The second kappa shape index (κ2) is 21.9. The zero-order valence-electron chi connectivity index (χ0n) is 23.0. The molecule has 0 bridgehead atoms. The van der Waals surface area contributed by atoms with Crippen LogP contribution in [-0.4, -0.2) is 108 Å². The third kappa shape index (κ3) is 15.0. The first-order chi connectivity index (χ1) is 19.1. The molecule has 0 aromatic rings. The maximum Gasteiger partial charge on any atom is 0.326 e. The Kier molecular flexibility index (Phi) is 20.3. The van der Waals surface area contributed by atoms with Crippen molar-refractivity contribution in [1.82, 2.24) is 21.3 Å². The number of carboxylic acid groups (broad SMARTS) is 1. The van der Waals surface area contributed by atoms with Crippen LogP contribution in [0.5, 0.6) is 0 Å². The second-order valence-corrected chi connectivity index (χ2v) is 9.41. The Morgan fingerprint density at radius 2 is 0.875 bits per heavy atom. The fraction of sp³-hybridized carbons (Fsp3) is 0.792. The van der Waals surface area contributed by atoms with Crippen LogP contribution >= 0.6 is 0 Å². The highest BCUT2D eigenvalue weighted by atomic mass is 16.4. The molecule has 0 unspecified atom stereocenters. The van der Waals surface area contributed by atoms with Gasteiger partial charge in [-0.2, -0.15) is 0 Å². The zero-order valence-corrected chi connectivity index (χ0v) is 23.0. The van der Waals surface area contributed by atoms with Gasteiger partial charge in [0, 0.05) is 0 Å². The van der Waals surface area contributed by atoms with Gasteiger partial charge in [0.1, 0.15) is 24.2 Å². The van der Waals surface area contributed by atoms with Crippen LogP contribution in [0.15, 0.2) is 0 Å². The number of aliphatic hydroxyl groups excluding tert-OH is 2. The molecule has 232 valence electrons. The zero-order chi connectivity index (χ0) is 30.5. The largest absolute Gasteiger partial charge is 0.480 e. The average molecular weight is 577 g/mol. The highest BCUT2D eigenvalue weighted by Crippen LogP contribution is 2.05. The summed E-state index contributed by atoms with van der Waals surface area (Å²) in [6, 6.07) is -6.30. The molecule has 0 aromatic carbocycles. The molecule has 40 heavy (non-hydrogen) atoms. The molecule has 0 heterocycles. The van der Waals surface area contributed by atoms with Crippen LogP contribution in [-0.2, 0) is 24.0 Å². The number of unbranched alkanes of at least 4 members (excludes halogenated alkanes) is 3. The second-order valence-electron chi connectivity index (χ2n) is 9.41. The number of hydrogen-bond acceptors (Lipinski definition) is 11. The Morgan fingerprint density at radius 3 is 1.30 bits per heavy atom. The molecule has 5 atom stereocenters. The van der Waals surface area contributed by atoms with Crippen molar-refractivity contribution in [2.24, 2.45) is 22.9 Å². The Balaban J connectivity index is 5.38. The summed E-state index contributed by atoms with van der Waals surface area (Å²) >= 11 is 0. The van der Waals surface area contributed by atoms with Crippen molar-refractivity contribution in [2.45, 2.75) is 88.0 Å². The minimum atomic E-state index is -1.50. The van der Waals surface area contributed by atoms with E-state index >= 15 is 0 Å². The molecule has 0 saturated heterocycles. The molecule has 0 fully saturated rings. The third-order valence-corrected chi connectivity index (χ3v) is 6.08. The van der Waals surface area contributed by atoms with Crippen molar-refractivity contribution in [2.75, 3.05) is 32.8 Å². The number of aliphatic carboxylic acids is 1. The summed E-state index contributed by atoms with van der Waals surface area (Å²) < 4.78 is 0. The number of nitrogens with one attached hydrogen (secondary N) is 4. The summed E-state index contributed by atoms with van der Waals surface area (Å²) in [5.41, 5.74) is 22.2. The summed E-state index contributed by atoms with van der Waals surface area (Å²) in [7, 11) is 0. The summed E-state index contributed by atoms with van der Waals surface area (Å²) in [6.07, 6.45) is 3.73. The molecule has 4 amide bonds. The van der Waals surface area contributed by atoms with Crippen molar-refractivity contribution < 1.29 is 39.3 Å². The summed E-state index contributed by atoms with van der Waals surface area (Å²) in [4.78, 5) is 62.3. The molecule has 15 N–H and O–H groups in total. The minimum absolute atomic E-state index is 0.0933. The smallest absolute Gasteiger partial charge is 0.326 e. The third-order valence-electron chi connectivity index (χ3n) is 6.08. The SMILES string of the molecule is NCCCC[C@H](NC(=O)[C@H](CO)NC(=O)[C@H](CCCCN)NC(=O)[C@H](CO)NC(=O)[C@@H](N)CCCCN)C(=O)O. The van der Waals surface area contributed by atoms with Crippen molar-refractivity contribution in [3.05, 3.63) is 0 Å². The minimum Gasteiger partial charge on any atom is -0.480 e. The molecule has 0 aliphatic carbocycles. The molecule has 0 aliphatic heterocycles. The molecule has 0 aliphatic rings. The lowest BCUT2D eigenvalue weighted by Gasteiger charge is -2.25. The molecule has 0 rings (SSSR count). The lowest BCUT2D eigenvalue weighted by Crippen LogP contribution is -2.59. The van der Waals surface area contributed by atoms with Crippen LogP contribution in [0.25, 0.3) is 0 Å². The van der Waals surface area contributed by atoms with Gasteiger partial charge in [-0.1, -0.05) is 6.42 Å². The maximum atomic E-state index is 13.0. The van der Waals surface area contributed by atoms with E-state index in [1.54, 1.807) is 0 Å². The predicted octanol–water partition coefficient (Wildman–Crippen LogP) is -4.29. The van der Waals surface area contributed by atoms with Gasteiger partial charge in [0.15, 0.2) is 0 Å². The fourth-order valence-corrected chi connectivity index (χ4v) is 3.64. The van der Waals surface area contributed by atoms with Gasteiger partial charge in [-0.3, -0.25) is 19.2 Å². The Bertz CT molecular complexity index is 788. The van der Waals surface area contributed by atoms with Gasteiger partial charge >= 0.3 is 5.97 Å². The number of amides is 4. The summed E-state index contributed by atoms with van der Waals surface area (Å²) in [5.74, 6) is -4.57. The van der Waals surface area contributed by atoms with E-state index in [2.05, 4.69) is 21.3 Å². The van der Waals surface area contributed by atoms with Crippen LogP contribution in [0, 0.1) is 0 Å². The van der Waals surface area contributed by atoms with E-state index in [0.717, 1.165) is 0 Å². The van der Waals surface area contributed by atoms with E-state index in [1.807, 2.05) is 0 Å². The standard InChI is InChI=1S/C24H48N8O8/c25-10-4-1-7-15(28)20(35)31-18(13-33)22(37)29-16(8-2-5-11-26)21(36)32-19(14-34)23(38)30-17(24(39)40)9-3-6-12-27/h15-19,33-34H,1-14,25-28H2,(H,29,37)(H,30,38)(H,31,35)(H,32,36)(H,39,40)/t15-,16-,17-,18-,19-/m0/s1. The maximum absolute atomic E-state index is 13.0. The topological polar surface area (TPSA) is 298 Å².